The number of amides is 1. The Morgan fingerprint density at radius 3 is 2.64 bits per heavy atom. The maximum absolute atomic E-state index is 12.5. The molecule has 4 rings (SSSR count). The molecule has 0 spiro atoms. The zero-order chi connectivity index (χ0) is 23.8. The van der Waals surface area contributed by atoms with Crippen LogP contribution >= 0.6 is 39.5 Å². The van der Waals surface area contributed by atoms with E-state index in [1.54, 1.807) is 24.6 Å². The van der Waals surface area contributed by atoms with E-state index in [0.717, 1.165) is 20.0 Å². The minimum Gasteiger partial charge on any atom is -0.494 e. The zero-order valence-corrected chi connectivity index (χ0v) is 22.0. The smallest absolute Gasteiger partial charge is 0.229 e. The van der Waals surface area contributed by atoms with Crippen molar-refractivity contribution in [2.45, 2.75) is 32.9 Å². The van der Waals surface area contributed by atoms with E-state index in [9.17, 15) is 4.79 Å². The molecule has 9 heteroatoms. The van der Waals surface area contributed by atoms with Crippen molar-refractivity contribution >= 4 is 61.9 Å². The number of thiophene rings is 1. The summed E-state index contributed by atoms with van der Waals surface area (Å²) in [4.78, 5) is 20.3. The predicted octanol–water partition coefficient (Wildman–Crippen LogP) is 6.08. The third-order valence-electron chi connectivity index (χ3n) is 5.38. The summed E-state index contributed by atoms with van der Waals surface area (Å²) in [5.74, 6) is 0.490. The molecule has 2 aromatic heterocycles. The lowest BCUT2D eigenvalue weighted by molar-refractivity contribution is -0.123. The van der Waals surface area contributed by atoms with Gasteiger partial charge in [-0.1, -0.05) is 26.8 Å². The van der Waals surface area contributed by atoms with E-state index < -0.39 is 5.41 Å². The number of carbonyl (C=O) groups excluding carboxylic acids is 1. The van der Waals surface area contributed by atoms with Crippen LogP contribution in [0.25, 0.3) is 0 Å². The lowest BCUT2D eigenvalue weighted by atomic mass is 9.95. The Kier molecular flexibility index (Phi) is 6.74. The Hall–Kier alpha value is -2.49. The number of hydrogen-bond donors (Lipinski definition) is 2. The second-order valence-electron chi connectivity index (χ2n) is 8.73. The second kappa shape index (κ2) is 9.40. The molecular weight excluding hydrogens is 520 g/mol. The number of halogens is 1. The van der Waals surface area contributed by atoms with Crippen molar-refractivity contribution in [3.8, 4) is 5.75 Å². The first kappa shape index (κ1) is 23.7. The Bertz CT molecular complexity index is 1180. The summed E-state index contributed by atoms with van der Waals surface area (Å²) in [7, 11) is 1.59. The number of carbonyl (C=O) groups is 1. The molecule has 0 radical (unpaired) electrons. The first-order valence-electron chi connectivity index (χ1n) is 10.4. The molecule has 33 heavy (non-hydrogen) atoms. The number of aromatic nitrogens is 1. The lowest BCUT2D eigenvalue weighted by Gasteiger charge is -2.27. The van der Waals surface area contributed by atoms with Crippen LogP contribution in [0.1, 0.15) is 43.4 Å². The maximum Gasteiger partial charge on any atom is 0.229 e. The fourth-order valence-electron chi connectivity index (χ4n) is 3.65. The number of ether oxygens (including phenoxy) is 1. The molecule has 172 valence electrons. The zero-order valence-electron chi connectivity index (χ0n) is 18.8. The molecule has 1 saturated heterocycles. The quantitative estimate of drug-likeness (QED) is 0.379. The summed E-state index contributed by atoms with van der Waals surface area (Å²) in [5, 5.41) is 7.03. The molecule has 0 unspecified atom stereocenters. The number of nitrogens with zero attached hydrogens (tertiary/aromatic N) is 2. The van der Waals surface area contributed by atoms with Gasteiger partial charge in [0.1, 0.15) is 5.75 Å². The Morgan fingerprint density at radius 1 is 1.24 bits per heavy atom. The van der Waals surface area contributed by atoms with Gasteiger partial charge in [0.15, 0.2) is 5.11 Å². The molecule has 3 heterocycles. The molecule has 1 fully saturated rings. The first-order chi connectivity index (χ1) is 15.7. The van der Waals surface area contributed by atoms with Crippen LogP contribution < -0.4 is 20.3 Å². The molecule has 1 amide bonds. The van der Waals surface area contributed by atoms with Gasteiger partial charge >= 0.3 is 0 Å². The average Bonchev–Trinajstić information content (AvgIpc) is 3.36. The standard InChI is InChI=1S/C24H25BrN4O2S2/c1-24(2,3)22(30)27-15-9-8-14(13-17(15)31-4)29-21(18-10-11-19(25)33-18)20(28-23(29)32)16-7-5-6-12-26-16/h5-13,20-21H,1-4H3,(H,27,30)(H,28,32)/t20-,21-/m0/s1. The van der Waals surface area contributed by atoms with Gasteiger partial charge in [-0.05, 0) is 64.5 Å². The highest BCUT2D eigenvalue weighted by molar-refractivity contribution is 9.11. The maximum atomic E-state index is 12.5. The van der Waals surface area contributed by atoms with E-state index in [-0.39, 0.29) is 18.0 Å². The molecule has 0 saturated carbocycles. The van der Waals surface area contributed by atoms with Crippen molar-refractivity contribution in [3.63, 3.8) is 0 Å². The number of pyridine rings is 1. The summed E-state index contributed by atoms with van der Waals surface area (Å²) in [6.07, 6.45) is 1.79. The van der Waals surface area contributed by atoms with Crippen LogP contribution in [0, 0.1) is 5.41 Å². The molecule has 3 aromatic rings. The van der Waals surface area contributed by atoms with E-state index in [4.69, 9.17) is 17.0 Å². The Morgan fingerprint density at radius 2 is 2.03 bits per heavy atom. The molecule has 2 atom stereocenters. The van der Waals surface area contributed by atoms with Gasteiger partial charge in [0.2, 0.25) is 5.91 Å². The van der Waals surface area contributed by atoms with Gasteiger partial charge in [0.05, 0.1) is 34.4 Å². The third kappa shape index (κ3) is 4.90. The van der Waals surface area contributed by atoms with Gasteiger partial charge < -0.3 is 20.3 Å². The molecule has 0 aliphatic carbocycles. The van der Waals surface area contributed by atoms with Crippen LogP contribution in [0.15, 0.2) is 58.5 Å². The fourth-order valence-corrected chi connectivity index (χ4v) is 5.55. The van der Waals surface area contributed by atoms with Gasteiger partial charge in [-0.3, -0.25) is 9.78 Å². The van der Waals surface area contributed by atoms with Crippen LogP contribution in [-0.4, -0.2) is 23.1 Å². The molecule has 1 aromatic carbocycles. The fraction of sp³-hybridized carbons (Fsp3) is 0.292. The molecule has 2 N–H and O–H groups in total. The lowest BCUT2D eigenvalue weighted by Crippen LogP contribution is -2.29. The molecule has 1 aliphatic rings. The minimum absolute atomic E-state index is 0.0801. The number of methoxy groups -OCH3 is 1. The van der Waals surface area contributed by atoms with Crippen molar-refractivity contribution in [2.24, 2.45) is 5.41 Å². The third-order valence-corrected chi connectivity index (χ3v) is 7.39. The molecule has 6 nitrogen and oxygen atoms in total. The molecular formula is C24H25BrN4O2S2. The summed E-state index contributed by atoms with van der Waals surface area (Å²) in [6.45, 7) is 5.62. The summed E-state index contributed by atoms with van der Waals surface area (Å²) < 4.78 is 6.68. The van der Waals surface area contributed by atoms with Crippen molar-refractivity contribution in [1.29, 1.82) is 0 Å². The monoisotopic (exact) mass is 544 g/mol. The predicted molar refractivity (Wildman–Crippen MR) is 141 cm³/mol. The number of nitrogens with one attached hydrogen (secondary N) is 2. The highest BCUT2D eigenvalue weighted by atomic mass is 79.9. The Labute approximate surface area is 211 Å². The van der Waals surface area contributed by atoms with Crippen molar-refractivity contribution in [1.82, 2.24) is 10.3 Å². The van der Waals surface area contributed by atoms with E-state index in [1.165, 1.54) is 0 Å². The van der Waals surface area contributed by atoms with Gasteiger partial charge in [-0.15, -0.1) is 11.3 Å². The van der Waals surface area contributed by atoms with Gasteiger partial charge in [-0.25, -0.2) is 0 Å². The average molecular weight is 546 g/mol. The first-order valence-corrected chi connectivity index (χ1v) is 12.5. The van der Waals surface area contributed by atoms with Crippen molar-refractivity contribution in [3.05, 3.63) is 69.1 Å². The summed E-state index contributed by atoms with van der Waals surface area (Å²) in [6, 6.07) is 15.5. The topological polar surface area (TPSA) is 66.5 Å². The molecule has 0 bridgehead atoms. The van der Waals surface area contributed by atoms with Crippen molar-refractivity contribution in [2.75, 3.05) is 17.3 Å². The van der Waals surface area contributed by atoms with Crippen LogP contribution in [-0.2, 0) is 4.79 Å². The highest BCUT2D eigenvalue weighted by Gasteiger charge is 2.41. The van der Waals surface area contributed by atoms with Crippen molar-refractivity contribution < 1.29 is 9.53 Å². The highest BCUT2D eigenvalue weighted by Crippen LogP contribution is 2.45. The van der Waals surface area contributed by atoms with Gasteiger partial charge in [0.25, 0.3) is 0 Å². The van der Waals surface area contributed by atoms with Crippen LogP contribution in [0.3, 0.4) is 0 Å². The SMILES string of the molecule is COc1cc(N2C(=S)N[C@@H](c3ccccn3)[C@@H]2c2ccc(Br)s2)ccc1NC(=O)C(C)(C)C. The van der Waals surface area contributed by atoms with Gasteiger partial charge in [0, 0.05) is 28.2 Å². The normalized spacial score (nSPS) is 18.2. The number of anilines is 2. The number of benzene rings is 1. The van der Waals surface area contributed by atoms with Gasteiger partial charge in [-0.2, -0.15) is 0 Å². The number of rotatable bonds is 5. The number of thiocarbonyl (C=S) groups is 1. The van der Waals surface area contributed by atoms with Crippen LogP contribution in [0.5, 0.6) is 5.75 Å². The minimum atomic E-state index is -0.516. The molecule has 1 aliphatic heterocycles. The van der Waals surface area contributed by atoms with E-state index in [1.807, 2.05) is 63.2 Å². The Balaban J connectivity index is 1.74. The van der Waals surface area contributed by atoms with Crippen LogP contribution in [0.2, 0.25) is 0 Å². The van der Waals surface area contributed by atoms with E-state index in [2.05, 4.69) is 42.5 Å². The summed E-state index contributed by atoms with van der Waals surface area (Å²) in [5.41, 5.74) is 1.89. The number of hydrogen-bond acceptors (Lipinski definition) is 5. The largest absolute Gasteiger partial charge is 0.494 e. The van der Waals surface area contributed by atoms with Crippen LogP contribution in [0.4, 0.5) is 11.4 Å². The van der Waals surface area contributed by atoms with E-state index >= 15 is 0 Å². The van der Waals surface area contributed by atoms with E-state index in [0.29, 0.717) is 16.5 Å². The summed E-state index contributed by atoms with van der Waals surface area (Å²) >= 11 is 11.0. The second-order valence-corrected chi connectivity index (χ2v) is 11.6.